The van der Waals surface area contributed by atoms with E-state index >= 15 is 0 Å². The fourth-order valence-electron chi connectivity index (χ4n) is 2.39. The number of hydrogen-bond donors (Lipinski definition) is 1. The first-order chi connectivity index (χ1) is 10.1. The van der Waals surface area contributed by atoms with Crippen molar-refractivity contribution in [3.05, 3.63) is 52.7 Å². The molecular formula is C18H23BrN2. The van der Waals surface area contributed by atoms with Gasteiger partial charge in [-0.15, -0.1) is 6.58 Å². The average molecular weight is 347 g/mol. The van der Waals surface area contributed by atoms with Crippen LogP contribution in [0, 0.1) is 0 Å². The molecule has 0 radical (unpaired) electrons. The number of aromatic nitrogens is 1. The van der Waals surface area contributed by atoms with Gasteiger partial charge < -0.3 is 5.32 Å². The molecule has 112 valence electrons. The highest BCUT2D eigenvalue weighted by molar-refractivity contribution is 9.10. The third kappa shape index (κ3) is 4.39. The van der Waals surface area contributed by atoms with Crippen molar-refractivity contribution in [3.63, 3.8) is 0 Å². The van der Waals surface area contributed by atoms with Gasteiger partial charge in [0.15, 0.2) is 0 Å². The van der Waals surface area contributed by atoms with Crippen LogP contribution >= 0.6 is 15.9 Å². The zero-order chi connectivity index (χ0) is 15.2. The highest BCUT2D eigenvalue weighted by Gasteiger charge is 2.16. The Morgan fingerprint density at radius 1 is 1.38 bits per heavy atom. The lowest BCUT2D eigenvalue weighted by molar-refractivity contribution is 0.488. The maximum absolute atomic E-state index is 4.87. The van der Waals surface area contributed by atoms with Gasteiger partial charge in [-0.25, -0.2) is 4.98 Å². The summed E-state index contributed by atoms with van der Waals surface area (Å²) in [4.78, 5) is 4.87. The number of halogens is 1. The first-order valence-corrected chi connectivity index (χ1v) is 8.34. The Morgan fingerprint density at radius 3 is 2.86 bits per heavy atom. The molecule has 0 fully saturated rings. The molecule has 1 aromatic heterocycles. The molecule has 3 heteroatoms. The molecule has 2 nitrogen and oxygen atoms in total. The highest BCUT2D eigenvalue weighted by Crippen LogP contribution is 2.29. The third-order valence-corrected chi connectivity index (χ3v) is 4.17. The fourth-order valence-corrected chi connectivity index (χ4v) is 3.01. The number of para-hydroxylation sites is 1. The molecule has 21 heavy (non-hydrogen) atoms. The second kappa shape index (κ2) is 7.71. The van der Waals surface area contributed by atoms with Crippen LogP contribution in [0.4, 0.5) is 0 Å². The van der Waals surface area contributed by atoms with Crippen molar-refractivity contribution in [2.75, 3.05) is 6.54 Å². The van der Waals surface area contributed by atoms with Crippen molar-refractivity contribution in [2.24, 2.45) is 0 Å². The topological polar surface area (TPSA) is 24.9 Å². The van der Waals surface area contributed by atoms with Crippen LogP contribution in [-0.2, 0) is 0 Å². The number of nitrogens with one attached hydrogen (secondary N) is 1. The Balaban J connectivity index is 2.32. The molecule has 1 N–H and O–H groups in total. The molecule has 1 aromatic carbocycles. The summed E-state index contributed by atoms with van der Waals surface area (Å²) in [6.45, 7) is 9.28. The van der Waals surface area contributed by atoms with Gasteiger partial charge in [0.05, 0.1) is 17.3 Å². The van der Waals surface area contributed by atoms with Crippen LogP contribution in [0.2, 0.25) is 0 Å². The minimum Gasteiger partial charge on any atom is -0.309 e. The van der Waals surface area contributed by atoms with Crippen LogP contribution in [0.25, 0.3) is 10.9 Å². The third-order valence-electron chi connectivity index (χ3n) is 3.54. The molecule has 0 aliphatic heterocycles. The number of benzene rings is 1. The van der Waals surface area contributed by atoms with Crippen molar-refractivity contribution >= 4 is 26.8 Å². The molecule has 0 amide bonds. The van der Waals surface area contributed by atoms with Crippen LogP contribution in [0.3, 0.4) is 0 Å². The van der Waals surface area contributed by atoms with Gasteiger partial charge in [-0.2, -0.15) is 0 Å². The highest BCUT2D eigenvalue weighted by atomic mass is 79.9. The Kier molecular flexibility index (Phi) is 5.95. The van der Waals surface area contributed by atoms with E-state index in [1.165, 1.54) is 11.0 Å². The smallest absolute Gasteiger partial charge is 0.0722 e. The molecule has 2 aromatic rings. The Morgan fingerprint density at radius 2 is 2.14 bits per heavy atom. The van der Waals surface area contributed by atoms with Crippen LogP contribution in [0.15, 0.2) is 47.0 Å². The summed E-state index contributed by atoms with van der Waals surface area (Å²) in [5.74, 6) is 0. The van der Waals surface area contributed by atoms with Crippen LogP contribution < -0.4 is 5.32 Å². The van der Waals surface area contributed by atoms with Crippen molar-refractivity contribution in [3.8, 4) is 0 Å². The summed E-state index contributed by atoms with van der Waals surface area (Å²) in [5, 5.41) is 4.78. The van der Waals surface area contributed by atoms with Gasteiger partial charge in [-0.3, -0.25) is 0 Å². The summed E-state index contributed by atoms with van der Waals surface area (Å²) in [6.07, 6.45) is 3.16. The summed E-state index contributed by atoms with van der Waals surface area (Å²) < 4.78 is 1.08. The molecule has 1 atom stereocenters. The van der Waals surface area contributed by atoms with Crippen molar-refractivity contribution in [2.45, 2.75) is 39.2 Å². The number of hydrogen-bond acceptors (Lipinski definition) is 2. The van der Waals surface area contributed by atoms with Crippen LogP contribution in [-0.4, -0.2) is 11.5 Å². The van der Waals surface area contributed by atoms with Gasteiger partial charge in [-0.05, 0) is 60.8 Å². The monoisotopic (exact) mass is 346 g/mol. The lowest BCUT2D eigenvalue weighted by atomic mass is 10.0. The summed E-state index contributed by atoms with van der Waals surface area (Å²) in [7, 11) is 0. The maximum atomic E-state index is 4.87. The van der Waals surface area contributed by atoms with E-state index in [0.717, 1.165) is 41.5 Å². The van der Waals surface area contributed by atoms with Crippen molar-refractivity contribution in [1.82, 2.24) is 10.3 Å². The van der Waals surface area contributed by atoms with Gasteiger partial charge in [-0.1, -0.05) is 30.7 Å². The Hall–Kier alpha value is -1.19. The molecule has 1 heterocycles. The van der Waals surface area contributed by atoms with Gasteiger partial charge in [0.1, 0.15) is 0 Å². The van der Waals surface area contributed by atoms with Crippen LogP contribution in [0.1, 0.15) is 44.8 Å². The normalized spacial score (nSPS) is 12.5. The first-order valence-electron chi connectivity index (χ1n) is 7.54. The van der Waals surface area contributed by atoms with Crippen molar-refractivity contribution in [1.29, 1.82) is 0 Å². The number of allylic oxidation sites excluding steroid dienone is 1. The predicted octanol–water partition coefficient (Wildman–Crippen LogP) is 5.39. The molecule has 0 bridgehead atoms. The Bertz CT molecular complexity index is 622. The van der Waals surface area contributed by atoms with Crippen LogP contribution in [0.5, 0.6) is 0 Å². The molecule has 2 rings (SSSR count). The average Bonchev–Trinajstić information content (AvgIpc) is 2.47. The minimum absolute atomic E-state index is 0.264. The molecule has 0 saturated heterocycles. The van der Waals surface area contributed by atoms with E-state index in [0.29, 0.717) is 0 Å². The summed E-state index contributed by atoms with van der Waals surface area (Å²) in [5.41, 5.74) is 3.37. The molecule has 0 aliphatic carbocycles. The number of pyridine rings is 1. The molecule has 0 saturated carbocycles. The van der Waals surface area contributed by atoms with Gasteiger partial charge in [0.25, 0.3) is 0 Å². The Labute approximate surface area is 135 Å². The van der Waals surface area contributed by atoms with E-state index in [9.17, 15) is 0 Å². The van der Waals surface area contributed by atoms with E-state index in [4.69, 9.17) is 4.98 Å². The number of fused-ring (bicyclic) bond motifs is 1. The minimum atomic E-state index is 0.264. The largest absolute Gasteiger partial charge is 0.309 e. The molecular weight excluding hydrogens is 324 g/mol. The molecule has 0 spiro atoms. The second-order valence-corrected chi connectivity index (χ2v) is 6.40. The van der Waals surface area contributed by atoms with Gasteiger partial charge >= 0.3 is 0 Å². The van der Waals surface area contributed by atoms with Gasteiger partial charge in [0.2, 0.25) is 0 Å². The number of rotatable bonds is 7. The summed E-state index contributed by atoms with van der Waals surface area (Å²) >= 11 is 3.69. The maximum Gasteiger partial charge on any atom is 0.0722 e. The predicted molar refractivity (Wildman–Crippen MR) is 94.5 cm³/mol. The standard InChI is InChI=1S/C18H23BrN2/c1-4-11-20-17(10-9-13(2)3)18-15(19)12-14-7-5-6-8-16(14)21-18/h5-8,12,17,20H,2,4,9-11H2,1,3H3. The van der Waals surface area contributed by atoms with E-state index in [1.54, 1.807) is 0 Å². The lowest BCUT2D eigenvalue weighted by Crippen LogP contribution is -2.23. The quantitative estimate of drug-likeness (QED) is 0.679. The zero-order valence-corrected chi connectivity index (χ0v) is 14.4. The van der Waals surface area contributed by atoms with Crippen molar-refractivity contribution < 1.29 is 0 Å². The second-order valence-electron chi connectivity index (χ2n) is 5.55. The van der Waals surface area contributed by atoms with E-state index in [2.05, 4.69) is 59.9 Å². The lowest BCUT2D eigenvalue weighted by Gasteiger charge is -2.20. The zero-order valence-electron chi connectivity index (χ0n) is 12.8. The van der Waals surface area contributed by atoms with E-state index < -0.39 is 0 Å². The summed E-state index contributed by atoms with van der Waals surface area (Å²) in [6, 6.07) is 10.7. The molecule has 0 aliphatic rings. The fraction of sp³-hybridized carbons (Fsp3) is 0.389. The first kappa shape index (κ1) is 16.2. The molecule has 1 unspecified atom stereocenters. The SMILES string of the molecule is C=C(C)CCC(NCCC)c1nc2ccccc2cc1Br. The number of nitrogens with zero attached hydrogens (tertiary/aromatic N) is 1. The van der Waals surface area contributed by atoms with Gasteiger partial charge in [0, 0.05) is 9.86 Å². The van der Waals surface area contributed by atoms with E-state index in [-0.39, 0.29) is 6.04 Å². The van der Waals surface area contributed by atoms with E-state index in [1.807, 2.05) is 12.1 Å².